The van der Waals surface area contributed by atoms with Gasteiger partial charge < -0.3 is 20.5 Å². The molecule has 1 aliphatic carbocycles. The topological polar surface area (TPSA) is 105 Å². The lowest BCUT2D eigenvalue weighted by molar-refractivity contribution is -0.141. The number of alkyl carbamates (subject to hydrolysis) is 1. The van der Waals surface area contributed by atoms with E-state index in [-0.39, 0.29) is 31.5 Å². The molecule has 0 bridgehead atoms. The second kappa shape index (κ2) is 9.85. The maximum atomic E-state index is 12.6. The summed E-state index contributed by atoms with van der Waals surface area (Å²) in [6.07, 6.45) is -0.109. The smallest absolute Gasteiger partial charge is 0.407 e. The van der Waals surface area contributed by atoms with Gasteiger partial charge in [0, 0.05) is 19.0 Å². The predicted octanol–water partition coefficient (Wildman–Crippen LogP) is 3.78. The standard InChI is InChI=1S/C25H30N2O5/c1-4-25(3,23(30)26-13-16(2)22(28)29)15-27-24(31)32-14-21-19-11-7-5-9-17(19)18-10-6-8-12-20(18)21/h5-12,16,21H,4,13-15H2,1-3H3,(H,26,30)(H,27,31)(H,28,29). The van der Waals surface area contributed by atoms with Gasteiger partial charge in [0.1, 0.15) is 6.61 Å². The zero-order chi connectivity index (χ0) is 23.3. The molecule has 0 saturated carbocycles. The molecule has 2 amide bonds. The van der Waals surface area contributed by atoms with Crippen molar-refractivity contribution in [3.8, 4) is 11.1 Å². The third kappa shape index (κ3) is 4.93. The summed E-state index contributed by atoms with van der Waals surface area (Å²) in [6, 6.07) is 16.2. The van der Waals surface area contributed by atoms with Crippen LogP contribution in [-0.2, 0) is 14.3 Å². The van der Waals surface area contributed by atoms with Crippen LogP contribution in [0.15, 0.2) is 48.5 Å². The number of amides is 2. The normalized spacial score (nSPS) is 15.1. The summed E-state index contributed by atoms with van der Waals surface area (Å²) in [6.45, 7) is 5.44. The molecule has 1 aliphatic rings. The molecule has 0 spiro atoms. The first-order valence-electron chi connectivity index (χ1n) is 10.9. The monoisotopic (exact) mass is 438 g/mol. The van der Waals surface area contributed by atoms with Gasteiger partial charge in [-0.15, -0.1) is 0 Å². The largest absolute Gasteiger partial charge is 0.481 e. The molecule has 0 fully saturated rings. The number of fused-ring (bicyclic) bond motifs is 3. The number of benzene rings is 2. The Labute approximate surface area is 188 Å². The van der Waals surface area contributed by atoms with Gasteiger partial charge in [0.05, 0.1) is 11.3 Å². The molecule has 0 saturated heterocycles. The third-order valence-electron chi connectivity index (χ3n) is 6.29. The molecule has 0 heterocycles. The molecule has 170 valence electrons. The van der Waals surface area contributed by atoms with Gasteiger partial charge in [-0.25, -0.2) is 4.79 Å². The highest BCUT2D eigenvalue weighted by molar-refractivity contribution is 5.84. The van der Waals surface area contributed by atoms with Crippen molar-refractivity contribution in [3.05, 3.63) is 59.7 Å². The van der Waals surface area contributed by atoms with Crippen molar-refractivity contribution in [3.63, 3.8) is 0 Å². The van der Waals surface area contributed by atoms with E-state index in [4.69, 9.17) is 9.84 Å². The summed E-state index contributed by atoms with van der Waals surface area (Å²) in [4.78, 5) is 36.0. The number of carbonyl (C=O) groups excluding carboxylic acids is 2. The van der Waals surface area contributed by atoms with Gasteiger partial charge in [0.15, 0.2) is 0 Å². The second-order valence-corrected chi connectivity index (χ2v) is 8.54. The summed E-state index contributed by atoms with van der Waals surface area (Å²) in [5, 5.41) is 14.3. The highest BCUT2D eigenvalue weighted by atomic mass is 16.5. The van der Waals surface area contributed by atoms with Crippen LogP contribution in [0.5, 0.6) is 0 Å². The Morgan fingerprint density at radius 1 is 1.03 bits per heavy atom. The van der Waals surface area contributed by atoms with Gasteiger partial charge in [-0.2, -0.15) is 0 Å². The Morgan fingerprint density at radius 2 is 1.59 bits per heavy atom. The maximum Gasteiger partial charge on any atom is 0.407 e. The van der Waals surface area contributed by atoms with E-state index in [1.54, 1.807) is 6.92 Å². The molecule has 2 aromatic carbocycles. The number of carboxylic acids is 1. The fraction of sp³-hybridized carbons (Fsp3) is 0.400. The lowest BCUT2D eigenvalue weighted by Gasteiger charge is -2.27. The number of ether oxygens (including phenoxy) is 1. The Bertz CT molecular complexity index is 960. The minimum Gasteiger partial charge on any atom is -0.481 e. The predicted molar refractivity (Wildman–Crippen MR) is 121 cm³/mol. The van der Waals surface area contributed by atoms with Crippen molar-refractivity contribution in [2.24, 2.45) is 11.3 Å². The maximum absolute atomic E-state index is 12.6. The number of rotatable bonds is 9. The van der Waals surface area contributed by atoms with Crippen LogP contribution < -0.4 is 10.6 Å². The van der Waals surface area contributed by atoms with Crippen molar-refractivity contribution in [1.82, 2.24) is 10.6 Å². The van der Waals surface area contributed by atoms with E-state index in [9.17, 15) is 14.4 Å². The fourth-order valence-corrected chi connectivity index (χ4v) is 3.83. The highest BCUT2D eigenvalue weighted by Crippen LogP contribution is 2.44. The van der Waals surface area contributed by atoms with Gasteiger partial charge in [0.25, 0.3) is 0 Å². The van der Waals surface area contributed by atoms with E-state index in [1.807, 2.05) is 31.2 Å². The molecule has 0 aliphatic heterocycles. The number of nitrogens with one attached hydrogen (secondary N) is 2. The van der Waals surface area contributed by atoms with Crippen LogP contribution in [0.25, 0.3) is 11.1 Å². The summed E-state index contributed by atoms with van der Waals surface area (Å²) in [5.74, 6) is -1.99. The Balaban J connectivity index is 1.57. The minimum absolute atomic E-state index is 0.0356. The van der Waals surface area contributed by atoms with E-state index in [0.717, 1.165) is 22.3 Å². The van der Waals surface area contributed by atoms with Crippen LogP contribution in [0.3, 0.4) is 0 Å². The zero-order valence-corrected chi connectivity index (χ0v) is 18.7. The number of hydrogen-bond donors (Lipinski definition) is 3. The second-order valence-electron chi connectivity index (χ2n) is 8.54. The number of aliphatic carboxylic acids is 1. The van der Waals surface area contributed by atoms with Crippen LogP contribution in [0.2, 0.25) is 0 Å². The minimum atomic E-state index is -0.972. The van der Waals surface area contributed by atoms with Crippen LogP contribution >= 0.6 is 0 Å². The average molecular weight is 439 g/mol. The van der Waals surface area contributed by atoms with Crippen LogP contribution in [-0.4, -0.2) is 42.8 Å². The third-order valence-corrected chi connectivity index (χ3v) is 6.29. The first-order valence-corrected chi connectivity index (χ1v) is 10.9. The summed E-state index contributed by atoms with van der Waals surface area (Å²) in [7, 11) is 0. The van der Waals surface area contributed by atoms with E-state index < -0.39 is 23.4 Å². The van der Waals surface area contributed by atoms with Crippen molar-refractivity contribution >= 4 is 18.0 Å². The molecule has 2 unspecified atom stereocenters. The molecule has 7 nitrogen and oxygen atoms in total. The fourth-order valence-electron chi connectivity index (χ4n) is 3.83. The molecule has 0 aromatic heterocycles. The first kappa shape index (κ1) is 23.3. The van der Waals surface area contributed by atoms with Crippen LogP contribution in [0.4, 0.5) is 4.79 Å². The SMILES string of the molecule is CCC(C)(CNC(=O)OCC1c2ccccc2-c2ccccc21)C(=O)NCC(C)C(=O)O. The molecular weight excluding hydrogens is 408 g/mol. The van der Waals surface area contributed by atoms with Gasteiger partial charge >= 0.3 is 12.1 Å². The number of hydrogen-bond acceptors (Lipinski definition) is 4. The molecular formula is C25H30N2O5. The van der Waals surface area contributed by atoms with Gasteiger partial charge in [-0.3, -0.25) is 9.59 Å². The lowest BCUT2D eigenvalue weighted by Crippen LogP contribution is -2.47. The Hall–Kier alpha value is -3.35. The van der Waals surface area contributed by atoms with Gasteiger partial charge in [-0.05, 0) is 35.6 Å². The number of carbonyl (C=O) groups is 3. The highest BCUT2D eigenvalue weighted by Gasteiger charge is 2.33. The van der Waals surface area contributed by atoms with Crippen molar-refractivity contribution < 1.29 is 24.2 Å². The summed E-state index contributed by atoms with van der Waals surface area (Å²) >= 11 is 0. The average Bonchev–Trinajstić information content (AvgIpc) is 3.13. The van der Waals surface area contributed by atoms with Gasteiger partial charge in [0.2, 0.25) is 5.91 Å². The quantitative estimate of drug-likeness (QED) is 0.553. The molecule has 32 heavy (non-hydrogen) atoms. The molecule has 3 rings (SSSR count). The van der Waals surface area contributed by atoms with Crippen LogP contribution in [0.1, 0.15) is 44.2 Å². The van der Waals surface area contributed by atoms with Gasteiger partial charge in [-0.1, -0.05) is 62.4 Å². The van der Waals surface area contributed by atoms with E-state index in [1.165, 1.54) is 6.92 Å². The van der Waals surface area contributed by atoms with E-state index in [2.05, 4.69) is 34.9 Å². The Morgan fingerprint density at radius 3 is 2.12 bits per heavy atom. The zero-order valence-electron chi connectivity index (χ0n) is 18.7. The first-order chi connectivity index (χ1) is 15.3. The van der Waals surface area contributed by atoms with Crippen molar-refractivity contribution in [2.75, 3.05) is 19.7 Å². The van der Waals surface area contributed by atoms with Crippen LogP contribution in [0, 0.1) is 11.3 Å². The molecule has 7 heteroatoms. The van der Waals surface area contributed by atoms with Crippen molar-refractivity contribution in [1.29, 1.82) is 0 Å². The van der Waals surface area contributed by atoms with Crippen molar-refractivity contribution in [2.45, 2.75) is 33.1 Å². The summed E-state index contributed by atoms with van der Waals surface area (Å²) < 4.78 is 5.53. The van der Waals surface area contributed by atoms with E-state index in [0.29, 0.717) is 6.42 Å². The number of carboxylic acid groups (broad SMARTS) is 1. The summed E-state index contributed by atoms with van der Waals surface area (Å²) in [5.41, 5.74) is 3.70. The molecule has 3 N–H and O–H groups in total. The van der Waals surface area contributed by atoms with E-state index >= 15 is 0 Å². The molecule has 2 aromatic rings. The Kier molecular flexibility index (Phi) is 7.18. The molecule has 2 atom stereocenters. The molecule has 0 radical (unpaired) electrons. The lowest BCUT2D eigenvalue weighted by atomic mass is 9.86.